The van der Waals surface area contributed by atoms with E-state index in [9.17, 15) is 4.79 Å². The number of carbonyl (C=O) groups excluding carboxylic acids is 1. The standard InChI is InChI=1S/C18H11BrClN5O2S/c1-10(26)16-24-25(14-8-4-12(19)5-9-14)18(28-16)21-17-23-22-15(27-17)11-2-6-13(20)7-3-11/h2-9H,1H3. The summed E-state index contributed by atoms with van der Waals surface area (Å²) in [7, 11) is 0. The second-order valence-electron chi connectivity index (χ2n) is 5.64. The summed E-state index contributed by atoms with van der Waals surface area (Å²) in [6.45, 7) is 1.46. The van der Waals surface area contributed by atoms with Gasteiger partial charge in [-0.05, 0) is 48.5 Å². The molecule has 7 nitrogen and oxygen atoms in total. The molecule has 2 aromatic heterocycles. The highest BCUT2D eigenvalue weighted by Gasteiger charge is 2.13. The third-order valence-electron chi connectivity index (χ3n) is 3.63. The van der Waals surface area contributed by atoms with Crippen molar-refractivity contribution in [1.29, 1.82) is 0 Å². The summed E-state index contributed by atoms with van der Waals surface area (Å²) < 4.78 is 8.14. The zero-order valence-corrected chi connectivity index (χ0v) is 17.5. The van der Waals surface area contributed by atoms with Gasteiger partial charge in [0.05, 0.1) is 5.69 Å². The highest BCUT2D eigenvalue weighted by atomic mass is 79.9. The molecule has 4 aromatic rings. The molecule has 10 heteroatoms. The van der Waals surface area contributed by atoms with Gasteiger partial charge in [-0.15, -0.1) is 5.10 Å². The Morgan fingerprint density at radius 2 is 1.86 bits per heavy atom. The molecule has 0 radical (unpaired) electrons. The second kappa shape index (κ2) is 7.78. The van der Waals surface area contributed by atoms with Crippen molar-refractivity contribution in [3.63, 3.8) is 0 Å². The first-order valence-electron chi connectivity index (χ1n) is 8.01. The molecule has 0 aliphatic carbocycles. The van der Waals surface area contributed by atoms with Gasteiger partial charge in [0.2, 0.25) is 10.7 Å². The number of hydrogen-bond donors (Lipinski definition) is 0. The Bertz CT molecular complexity index is 1210. The fourth-order valence-corrected chi connectivity index (χ4v) is 3.48. The van der Waals surface area contributed by atoms with Crippen LogP contribution in [0.15, 0.2) is 62.4 Å². The maximum atomic E-state index is 11.8. The monoisotopic (exact) mass is 475 g/mol. The Balaban J connectivity index is 1.78. The average Bonchev–Trinajstić information content (AvgIpc) is 3.31. The van der Waals surface area contributed by atoms with Crippen LogP contribution in [0.2, 0.25) is 5.02 Å². The van der Waals surface area contributed by atoms with Crippen LogP contribution in [0.5, 0.6) is 0 Å². The number of Topliss-reactive ketones (excluding diaryl/α,β-unsaturated/α-hetero) is 1. The largest absolute Gasteiger partial charge is 0.402 e. The van der Waals surface area contributed by atoms with Crippen LogP contribution in [-0.4, -0.2) is 25.8 Å². The smallest absolute Gasteiger partial charge is 0.345 e. The van der Waals surface area contributed by atoms with Crippen molar-refractivity contribution >= 4 is 50.7 Å². The summed E-state index contributed by atoms with van der Waals surface area (Å²) in [6, 6.07) is 14.6. The van der Waals surface area contributed by atoms with Gasteiger partial charge < -0.3 is 4.42 Å². The lowest BCUT2D eigenvalue weighted by Gasteiger charge is -2.00. The van der Waals surface area contributed by atoms with Crippen molar-refractivity contribution in [1.82, 2.24) is 20.0 Å². The number of benzene rings is 2. The van der Waals surface area contributed by atoms with E-state index in [0.717, 1.165) is 27.1 Å². The Kier molecular flexibility index (Phi) is 5.21. The summed E-state index contributed by atoms with van der Waals surface area (Å²) in [4.78, 5) is 16.6. The summed E-state index contributed by atoms with van der Waals surface area (Å²) in [6.07, 6.45) is 0. The lowest BCUT2D eigenvalue weighted by molar-refractivity contribution is 0.101. The average molecular weight is 477 g/mol. The SMILES string of the molecule is CC(=O)c1nn(-c2ccc(Br)cc2)c(=Nc2nnc(-c3ccc(Cl)cc3)o2)s1. The molecule has 0 atom stereocenters. The van der Waals surface area contributed by atoms with Crippen molar-refractivity contribution in [2.45, 2.75) is 6.92 Å². The lowest BCUT2D eigenvalue weighted by Crippen LogP contribution is -2.14. The van der Waals surface area contributed by atoms with Gasteiger partial charge in [0.25, 0.3) is 0 Å². The van der Waals surface area contributed by atoms with Gasteiger partial charge in [-0.3, -0.25) is 4.79 Å². The number of rotatable bonds is 4. The number of hydrogen-bond acceptors (Lipinski definition) is 7. The second-order valence-corrected chi connectivity index (χ2v) is 7.95. The molecule has 0 N–H and O–H groups in total. The predicted octanol–water partition coefficient (Wildman–Crippen LogP) is 4.83. The number of carbonyl (C=O) groups is 1. The Morgan fingerprint density at radius 1 is 1.14 bits per heavy atom. The molecule has 4 rings (SSSR count). The van der Waals surface area contributed by atoms with Crippen LogP contribution in [-0.2, 0) is 0 Å². The van der Waals surface area contributed by atoms with Gasteiger partial charge in [0.1, 0.15) is 0 Å². The molecule has 0 saturated heterocycles. The van der Waals surface area contributed by atoms with E-state index in [1.807, 2.05) is 24.3 Å². The van der Waals surface area contributed by atoms with E-state index in [2.05, 4.69) is 36.2 Å². The normalized spacial score (nSPS) is 11.8. The summed E-state index contributed by atoms with van der Waals surface area (Å²) in [5.74, 6) is 0.173. The van der Waals surface area contributed by atoms with E-state index in [-0.39, 0.29) is 11.8 Å². The first-order chi connectivity index (χ1) is 13.5. The van der Waals surface area contributed by atoms with E-state index < -0.39 is 0 Å². The van der Waals surface area contributed by atoms with E-state index in [1.165, 1.54) is 6.92 Å². The molecule has 0 amide bonds. The molecule has 28 heavy (non-hydrogen) atoms. The third kappa shape index (κ3) is 3.96. The minimum Gasteiger partial charge on any atom is -0.402 e. The Labute approximate surface area is 176 Å². The highest BCUT2D eigenvalue weighted by molar-refractivity contribution is 9.10. The van der Waals surface area contributed by atoms with Crippen LogP contribution in [0, 0.1) is 0 Å². The molecule has 2 heterocycles. The van der Waals surface area contributed by atoms with Crippen molar-refractivity contribution < 1.29 is 9.21 Å². The number of halogens is 2. The van der Waals surface area contributed by atoms with Crippen LogP contribution in [0.3, 0.4) is 0 Å². The maximum absolute atomic E-state index is 11.8. The molecule has 0 saturated carbocycles. The van der Waals surface area contributed by atoms with Crippen molar-refractivity contribution in [2.75, 3.05) is 0 Å². The topological polar surface area (TPSA) is 86.2 Å². The minimum absolute atomic E-state index is 0.0644. The van der Waals surface area contributed by atoms with Crippen molar-refractivity contribution in [3.05, 3.63) is 67.8 Å². The molecule has 2 aromatic carbocycles. The van der Waals surface area contributed by atoms with E-state index in [0.29, 0.717) is 20.7 Å². The number of nitrogens with zero attached hydrogens (tertiary/aromatic N) is 5. The van der Waals surface area contributed by atoms with Crippen LogP contribution in [0.25, 0.3) is 17.1 Å². The first-order valence-corrected chi connectivity index (χ1v) is 9.99. The van der Waals surface area contributed by atoms with E-state index >= 15 is 0 Å². The van der Waals surface area contributed by atoms with Gasteiger partial charge >= 0.3 is 6.01 Å². The molecule has 0 aliphatic heterocycles. The summed E-state index contributed by atoms with van der Waals surface area (Å²) in [5, 5.41) is 13.3. The van der Waals surface area contributed by atoms with Crippen LogP contribution in [0.4, 0.5) is 6.01 Å². The Hall–Kier alpha value is -2.62. The lowest BCUT2D eigenvalue weighted by atomic mass is 10.2. The predicted molar refractivity (Wildman–Crippen MR) is 109 cm³/mol. The number of aromatic nitrogens is 4. The number of ketones is 1. The Morgan fingerprint density at radius 3 is 2.54 bits per heavy atom. The van der Waals surface area contributed by atoms with Crippen LogP contribution < -0.4 is 4.80 Å². The van der Waals surface area contributed by atoms with Gasteiger partial charge in [0.15, 0.2) is 10.8 Å². The first kappa shape index (κ1) is 18.7. The maximum Gasteiger partial charge on any atom is 0.345 e. The van der Waals surface area contributed by atoms with Gasteiger partial charge in [0, 0.05) is 22.0 Å². The quantitative estimate of drug-likeness (QED) is 0.394. The van der Waals surface area contributed by atoms with Crippen molar-refractivity contribution in [3.8, 4) is 17.1 Å². The zero-order valence-electron chi connectivity index (χ0n) is 14.3. The fourth-order valence-electron chi connectivity index (χ4n) is 2.30. The molecular weight excluding hydrogens is 466 g/mol. The summed E-state index contributed by atoms with van der Waals surface area (Å²) >= 11 is 10.5. The zero-order chi connectivity index (χ0) is 19.7. The molecular formula is C18H11BrClN5O2S. The molecule has 0 aliphatic rings. The van der Waals surface area contributed by atoms with Gasteiger partial charge in [-0.25, -0.2) is 4.68 Å². The van der Waals surface area contributed by atoms with Gasteiger partial charge in [-0.1, -0.05) is 44.0 Å². The third-order valence-corrected chi connectivity index (χ3v) is 5.42. The molecule has 0 fully saturated rings. The molecule has 140 valence electrons. The molecule has 0 bridgehead atoms. The molecule has 0 spiro atoms. The van der Waals surface area contributed by atoms with Crippen LogP contribution >= 0.6 is 38.9 Å². The molecule has 0 unspecified atom stereocenters. The van der Waals surface area contributed by atoms with E-state index in [1.54, 1.807) is 28.9 Å². The minimum atomic E-state index is -0.148. The van der Waals surface area contributed by atoms with E-state index in [4.69, 9.17) is 16.0 Å². The fraction of sp³-hybridized carbons (Fsp3) is 0.0556. The summed E-state index contributed by atoms with van der Waals surface area (Å²) in [5.41, 5.74) is 1.48. The van der Waals surface area contributed by atoms with Crippen molar-refractivity contribution in [2.24, 2.45) is 4.99 Å². The van der Waals surface area contributed by atoms with Crippen LogP contribution in [0.1, 0.15) is 16.7 Å². The van der Waals surface area contributed by atoms with Gasteiger partial charge in [-0.2, -0.15) is 10.1 Å². The highest BCUT2D eigenvalue weighted by Crippen LogP contribution is 2.23.